The summed E-state index contributed by atoms with van der Waals surface area (Å²) in [6, 6.07) is 35.8. The van der Waals surface area contributed by atoms with Crippen LogP contribution in [0.2, 0.25) is 0 Å². The number of hydrogen-bond donors (Lipinski definition) is 2. The highest BCUT2D eigenvalue weighted by atomic mass is 16.2. The summed E-state index contributed by atoms with van der Waals surface area (Å²) < 4.78 is 0. The van der Waals surface area contributed by atoms with Crippen LogP contribution in [0.3, 0.4) is 0 Å². The van der Waals surface area contributed by atoms with Crippen LogP contribution >= 0.6 is 0 Å². The average molecular weight is 505 g/mol. The van der Waals surface area contributed by atoms with E-state index < -0.39 is 0 Å². The van der Waals surface area contributed by atoms with Crippen LogP contribution in [0.4, 0.5) is 0 Å². The fourth-order valence-corrected chi connectivity index (χ4v) is 4.45. The maximum atomic E-state index is 12.4. The fourth-order valence-electron chi connectivity index (χ4n) is 4.45. The zero-order chi connectivity index (χ0) is 26.4. The summed E-state index contributed by atoms with van der Waals surface area (Å²) in [6.45, 7) is 1.39. The summed E-state index contributed by atoms with van der Waals surface area (Å²) in [6.07, 6.45) is 6.40. The Balaban J connectivity index is 1.03. The molecule has 194 valence electrons. The number of nitrogens with one attached hydrogen (secondary N) is 2. The molecule has 0 aliphatic rings. The van der Waals surface area contributed by atoms with Gasteiger partial charge in [0.25, 0.3) is 11.8 Å². The molecule has 0 heterocycles. The van der Waals surface area contributed by atoms with Crippen molar-refractivity contribution in [2.75, 3.05) is 13.1 Å². The van der Waals surface area contributed by atoms with E-state index in [0.29, 0.717) is 24.2 Å². The van der Waals surface area contributed by atoms with Gasteiger partial charge in [-0.1, -0.05) is 111 Å². The lowest BCUT2D eigenvalue weighted by molar-refractivity contribution is 0.0944. The van der Waals surface area contributed by atoms with Gasteiger partial charge in [-0.3, -0.25) is 9.59 Å². The molecule has 0 fully saturated rings. The maximum Gasteiger partial charge on any atom is 0.251 e. The predicted octanol–water partition coefficient (Wildman–Crippen LogP) is 7.52. The normalized spacial score (nSPS) is 10.6. The number of amides is 2. The Hall–Kier alpha value is -4.18. The molecule has 2 amide bonds. The average Bonchev–Trinajstić information content (AvgIpc) is 2.99. The van der Waals surface area contributed by atoms with Crippen molar-refractivity contribution in [2.45, 2.75) is 38.5 Å². The van der Waals surface area contributed by atoms with Crippen LogP contribution in [0.1, 0.15) is 59.2 Å². The van der Waals surface area contributed by atoms with Crippen LogP contribution in [-0.2, 0) is 0 Å². The lowest BCUT2D eigenvalue weighted by atomic mass is 10.0. The molecule has 0 unspecified atom stereocenters. The van der Waals surface area contributed by atoms with Gasteiger partial charge >= 0.3 is 0 Å². The summed E-state index contributed by atoms with van der Waals surface area (Å²) in [5.41, 5.74) is 5.91. The van der Waals surface area contributed by atoms with Gasteiger partial charge in [0.15, 0.2) is 0 Å². The Bertz CT molecular complexity index is 1160. The highest BCUT2D eigenvalue weighted by Crippen LogP contribution is 2.20. The van der Waals surface area contributed by atoms with Gasteiger partial charge in [0.1, 0.15) is 0 Å². The molecule has 0 saturated carbocycles. The molecule has 4 aromatic rings. The van der Waals surface area contributed by atoms with E-state index in [1.807, 2.05) is 84.9 Å². The van der Waals surface area contributed by atoms with E-state index in [2.05, 4.69) is 34.9 Å². The first-order chi connectivity index (χ1) is 18.7. The first-order valence-electron chi connectivity index (χ1n) is 13.6. The number of hydrogen-bond acceptors (Lipinski definition) is 2. The topological polar surface area (TPSA) is 58.2 Å². The standard InChI is InChI=1S/C34H36N2O2/c37-33(31-21-17-29(18-22-31)27-13-7-5-8-14-27)35-25-11-3-1-2-4-12-26-36-34(38)32-23-19-30(20-24-32)28-15-9-6-10-16-28/h5-10,13-24H,1-4,11-12,25-26H2,(H,35,37)(H,36,38). The summed E-state index contributed by atoms with van der Waals surface area (Å²) in [5.74, 6) is -0.0369. The van der Waals surface area contributed by atoms with Gasteiger partial charge < -0.3 is 10.6 Å². The third-order valence-electron chi connectivity index (χ3n) is 6.68. The molecule has 38 heavy (non-hydrogen) atoms. The first kappa shape index (κ1) is 26.9. The highest BCUT2D eigenvalue weighted by Gasteiger charge is 2.07. The van der Waals surface area contributed by atoms with Crippen LogP contribution in [0, 0.1) is 0 Å². The molecule has 0 atom stereocenters. The molecule has 4 nitrogen and oxygen atoms in total. The summed E-state index contributed by atoms with van der Waals surface area (Å²) in [4.78, 5) is 24.8. The van der Waals surface area contributed by atoms with Crippen molar-refractivity contribution in [1.82, 2.24) is 10.6 Å². The van der Waals surface area contributed by atoms with Gasteiger partial charge in [0, 0.05) is 24.2 Å². The van der Waals surface area contributed by atoms with Crippen molar-refractivity contribution in [3.63, 3.8) is 0 Å². The molecular formula is C34H36N2O2. The second-order valence-corrected chi connectivity index (χ2v) is 9.52. The molecule has 0 aromatic heterocycles. The molecule has 2 N–H and O–H groups in total. The maximum absolute atomic E-state index is 12.4. The zero-order valence-electron chi connectivity index (χ0n) is 21.9. The number of benzene rings is 4. The zero-order valence-corrected chi connectivity index (χ0v) is 21.9. The third-order valence-corrected chi connectivity index (χ3v) is 6.68. The van der Waals surface area contributed by atoms with E-state index in [4.69, 9.17) is 0 Å². The van der Waals surface area contributed by atoms with E-state index in [1.54, 1.807) is 0 Å². The van der Waals surface area contributed by atoms with Crippen molar-refractivity contribution in [3.05, 3.63) is 120 Å². The van der Waals surface area contributed by atoms with E-state index in [1.165, 1.54) is 0 Å². The lowest BCUT2D eigenvalue weighted by Crippen LogP contribution is -2.24. The van der Waals surface area contributed by atoms with Gasteiger partial charge in [0.2, 0.25) is 0 Å². The Morgan fingerprint density at radius 2 is 0.711 bits per heavy atom. The van der Waals surface area contributed by atoms with E-state index in [9.17, 15) is 9.59 Å². The van der Waals surface area contributed by atoms with Gasteiger partial charge in [-0.05, 0) is 59.4 Å². The number of unbranched alkanes of at least 4 members (excludes halogenated alkanes) is 5. The minimum atomic E-state index is -0.0185. The van der Waals surface area contributed by atoms with Crippen molar-refractivity contribution in [2.24, 2.45) is 0 Å². The Morgan fingerprint density at radius 3 is 1.08 bits per heavy atom. The number of rotatable bonds is 13. The molecule has 0 bridgehead atoms. The SMILES string of the molecule is O=C(NCCCCCCCCNC(=O)c1ccc(-c2ccccc2)cc1)c1ccc(-c2ccccc2)cc1. The van der Waals surface area contributed by atoms with Crippen LogP contribution < -0.4 is 10.6 Å². The Morgan fingerprint density at radius 1 is 0.395 bits per heavy atom. The van der Waals surface area contributed by atoms with E-state index >= 15 is 0 Å². The molecule has 4 rings (SSSR count). The largest absolute Gasteiger partial charge is 0.352 e. The molecule has 0 saturated heterocycles. The van der Waals surface area contributed by atoms with Crippen LogP contribution in [0.15, 0.2) is 109 Å². The molecule has 0 aliphatic carbocycles. The second-order valence-electron chi connectivity index (χ2n) is 9.52. The van der Waals surface area contributed by atoms with Crippen molar-refractivity contribution >= 4 is 11.8 Å². The lowest BCUT2D eigenvalue weighted by Gasteiger charge is -2.08. The van der Waals surface area contributed by atoms with Gasteiger partial charge in [-0.15, -0.1) is 0 Å². The van der Waals surface area contributed by atoms with Gasteiger partial charge in [-0.2, -0.15) is 0 Å². The second kappa shape index (κ2) is 14.5. The first-order valence-corrected chi connectivity index (χ1v) is 13.6. The fraction of sp³-hybridized carbons (Fsp3) is 0.235. The summed E-state index contributed by atoms with van der Waals surface area (Å²) in [7, 11) is 0. The third kappa shape index (κ3) is 8.17. The minimum Gasteiger partial charge on any atom is -0.352 e. The molecular weight excluding hydrogens is 468 g/mol. The molecule has 0 radical (unpaired) electrons. The van der Waals surface area contributed by atoms with Crippen molar-refractivity contribution in [3.8, 4) is 22.3 Å². The number of carbonyl (C=O) groups is 2. The van der Waals surface area contributed by atoms with Gasteiger partial charge in [0.05, 0.1) is 0 Å². The van der Waals surface area contributed by atoms with Crippen LogP contribution in [0.5, 0.6) is 0 Å². The van der Waals surface area contributed by atoms with Crippen LogP contribution in [0.25, 0.3) is 22.3 Å². The Labute approximate surface area is 226 Å². The van der Waals surface area contributed by atoms with Crippen molar-refractivity contribution < 1.29 is 9.59 Å². The van der Waals surface area contributed by atoms with Gasteiger partial charge in [-0.25, -0.2) is 0 Å². The van der Waals surface area contributed by atoms with Crippen molar-refractivity contribution in [1.29, 1.82) is 0 Å². The smallest absolute Gasteiger partial charge is 0.251 e. The Kier molecular flexibility index (Phi) is 10.3. The summed E-state index contributed by atoms with van der Waals surface area (Å²) >= 11 is 0. The van der Waals surface area contributed by atoms with E-state index in [-0.39, 0.29) is 11.8 Å². The van der Waals surface area contributed by atoms with E-state index in [0.717, 1.165) is 60.8 Å². The number of carbonyl (C=O) groups excluding carboxylic acids is 2. The molecule has 0 aliphatic heterocycles. The van der Waals surface area contributed by atoms with Crippen LogP contribution in [-0.4, -0.2) is 24.9 Å². The molecule has 4 heteroatoms. The quantitative estimate of drug-likeness (QED) is 0.185. The monoisotopic (exact) mass is 504 g/mol. The molecule has 4 aromatic carbocycles. The minimum absolute atomic E-state index is 0.0185. The predicted molar refractivity (Wildman–Crippen MR) is 156 cm³/mol. The summed E-state index contributed by atoms with van der Waals surface area (Å²) in [5, 5.41) is 6.05. The highest BCUT2D eigenvalue weighted by molar-refractivity contribution is 5.95. The molecule has 0 spiro atoms.